The van der Waals surface area contributed by atoms with Gasteiger partial charge in [-0.25, -0.2) is 9.10 Å². The predicted octanol–water partition coefficient (Wildman–Crippen LogP) is 2.90. The Morgan fingerprint density at radius 3 is 2.56 bits per heavy atom. The van der Waals surface area contributed by atoms with Gasteiger partial charge in [-0.2, -0.15) is 0 Å². The lowest BCUT2D eigenvalue weighted by molar-refractivity contribution is -0.117. The Bertz CT molecular complexity index is 440. The van der Waals surface area contributed by atoms with Crippen molar-refractivity contribution in [1.29, 1.82) is 0 Å². The number of rotatable bonds is 1. The van der Waals surface area contributed by atoms with Crippen LogP contribution in [0.2, 0.25) is 10.0 Å². The van der Waals surface area contributed by atoms with E-state index < -0.39 is 11.9 Å². The average molecular weight is 279 g/mol. The van der Waals surface area contributed by atoms with Crippen molar-refractivity contribution >= 4 is 53.6 Å². The summed E-state index contributed by atoms with van der Waals surface area (Å²) in [5.74, 6) is -0.484. The van der Waals surface area contributed by atoms with E-state index in [1.807, 2.05) is 0 Å². The number of hydrogen-bond donors (Lipinski definition) is 2. The quantitative estimate of drug-likeness (QED) is 0.776. The van der Waals surface area contributed by atoms with Crippen LogP contribution in [0, 0.1) is 0 Å². The number of imide groups is 1. The predicted molar refractivity (Wildman–Crippen MR) is 67.1 cm³/mol. The second-order valence-electron chi connectivity index (χ2n) is 2.89. The molecule has 0 aliphatic rings. The zero-order chi connectivity index (χ0) is 12.3. The largest absolute Gasteiger partial charge is 0.338 e. The van der Waals surface area contributed by atoms with E-state index in [-0.39, 0.29) is 0 Å². The molecule has 86 valence electrons. The van der Waals surface area contributed by atoms with Crippen LogP contribution in [0.5, 0.6) is 0 Å². The zero-order valence-electron chi connectivity index (χ0n) is 8.20. The fourth-order valence-electron chi connectivity index (χ4n) is 0.961. The molecule has 1 N–H and O–H groups in total. The number of nitrogens with one attached hydrogen (secondary N) is 1. The summed E-state index contributed by atoms with van der Waals surface area (Å²) in [6.45, 7) is 1.22. The van der Waals surface area contributed by atoms with Crippen molar-refractivity contribution in [2.75, 3.05) is 4.31 Å². The molecule has 16 heavy (non-hydrogen) atoms. The third-order valence-corrected chi connectivity index (χ3v) is 2.56. The number of hydrogen-bond acceptors (Lipinski definition) is 3. The fraction of sp³-hybridized carbons (Fsp3) is 0.111. The highest BCUT2D eigenvalue weighted by molar-refractivity contribution is 7.82. The van der Waals surface area contributed by atoms with Crippen molar-refractivity contribution in [3.05, 3.63) is 28.2 Å². The minimum Gasteiger partial charge on any atom is -0.277 e. The first-order valence-electron chi connectivity index (χ1n) is 4.17. The number of halogens is 2. The van der Waals surface area contributed by atoms with Gasteiger partial charge in [0.2, 0.25) is 5.91 Å². The maximum atomic E-state index is 11.4. The van der Waals surface area contributed by atoms with Crippen LogP contribution in [0.25, 0.3) is 0 Å². The molecule has 0 heterocycles. The standard InChI is InChI=1S/C9H8Cl2N2O2S/c1-5(14)12-9(15)13(16)8-4-6(10)2-3-7(8)11/h2-4,16H,1H3,(H,12,14,15). The van der Waals surface area contributed by atoms with Crippen molar-refractivity contribution in [3.63, 3.8) is 0 Å². The van der Waals surface area contributed by atoms with Crippen LogP contribution in [-0.4, -0.2) is 11.9 Å². The lowest BCUT2D eigenvalue weighted by Gasteiger charge is -2.16. The summed E-state index contributed by atoms with van der Waals surface area (Å²) < 4.78 is 0.912. The van der Waals surface area contributed by atoms with Gasteiger partial charge in [0, 0.05) is 11.9 Å². The minimum absolute atomic E-state index is 0.302. The number of nitrogens with zero attached hydrogens (tertiary/aromatic N) is 1. The molecule has 0 saturated heterocycles. The fourth-order valence-corrected chi connectivity index (χ4v) is 1.60. The van der Waals surface area contributed by atoms with Crippen molar-refractivity contribution < 1.29 is 9.59 Å². The molecule has 3 amide bonds. The summed E-state index contributed by atoms with van der Waals surface area (Å²) in [7, 11) is 0. The highest BCUT2D eigenvalue weighted by atomic mass is 35.5. The van der Waals surface area contributed by atoms with Crippen LogP contribution >= 0.6 is 36.0 Å². The van der Waals surface area contributed by atoms with E-state index in [4.69, 9.17) is 23.2 Å². The first-order valence-corrected chi connectivity index (χ1v) is 5.33. The number of carbonyl (C=O) groups is 2. The highest BCUT2D eigenvalue weighted by Crippen LogP contribution is 2.30. The zero-order valence-corrected chi connectivity index (χ0v) is 10.6. The second-order valence-corrected chi connectivity index (χ2v) is 4.14. The van der Waals surface area contributed by atoms with Gasteiger partial charge in [0.1, 0.15) is 0 Å². The molecule has 0 saturated carbocycles. The smallest absolute Gasteiger partial charge is 0.277 e. The lowest BCUT2D eigenvalue weighted by atomic mass is 10.3. The third kappa shape index (κ3) is 3.30. The third-order valence-electron chi connectivity index (χ3n) is 1.61. The first kappa shape index (κ1) is 13.2. The van der Waals surface area contributed by atoms with Crippen molar-refractivity contribution in [2.24, 2.45) is 0 Å². The van der Waals surface area contributed by atoms with Crippen LogP contribution in [0.15, 0.2) is 18.2 Å². The highest BCUT2D eigenvalue weighted by Gasteiger charge is 2.16. The van der Waals surface area contributed by atoms with Gasteiger partial charge in [-0.1, -0.05) is 36.0 Å². The topological polar surface area (TPSA) is 49.4 Å². The Morgan fingerprint density at radius 2 is 2.00 bits per heavy atom. The molecular weight excluding hydrogens is 271 g/mol. The van der Waals surface area contributed by atoms with E-state index in [2.05, 4.69) is 18.1 Å². The van der Waals surface area contributed by atoms with Crippen molar-refractivity contribution in [2.45, 2.75) is 6.92 Å². The number of anilines is 1. The molecule has 0 aliphatic heterocycles. The molecule has 7 heteroatoms. The molecule has 0 bridgehead atoms. The molecular formula is C9H8Cl2N2O2S. The van der Waals surface area contributed by atoms with Crippen molar-refractivity contribution in [1.82, 2.24) is 5.32 Å². The second kappa shape index (κ2) is 5.43. The van der Waals surface area contributed by atoms with Gasteiger partial charge in [0.25, 0.3) is 0 Å². The Kier molecular flexibility index (Phi) is 4.46. The van der Waals surface area contributed by atoms with E-state index >= 15 is 0 Å². The van der Waals surface area contributed by atoms with Gasteiger partial charge >= 0.3 is 6.03 Å². The number of carbonyl (C=O) groups excluding carboxylic acids is 2. The molecule has 1 aromatic rings. The Morgan fingerprint density at radius 1 is 1.38 bits per heavy atom. The Balaban J connectivity index is 2.95. The van der Waals surface area contributed by atoms with E-state index in [9.17, 15) is 9.59 Å². The van der Waals surface area contributed by atoms with Crippen LogP contribution in [0.3, 0.4) is 0 Å². The van der Waals surface area contributed by atoms with Crippen LogP contribution < -0.4 is 9.62 Å². The maximum absolute atomic E-state index is 11.4. The SMILES string of the molecule is CC(=O)NC(=O)N(S)c1cc(Cl)ccc1Cl. The molecule has 0 spiro atoms. The van der Waals surface area contributed by atoms with E-state index in [0.717, 1.165) is 4.31 Å². The molecule has 4 nitrogen and oxygen atoms in total. The van der Waals surface area contributed by atoms with Gasteiger partial charge in [0.15, 0.2) is 0 Å². The van der Waals surface area contributed by atoms with Gasteiger partial charge < -0.3 is 0 Å². The Hall–Kier alpha value is -0.910. The van der Waals surface area contributed by atoms with E-state index in [1.54, 1.807) is 6.07 Å². The first-order chi connectivity index (χ1) is 7.41. The summed E-state index contributed by atoms with van der Waals surface area (Å²) in [5.41, 5.74) is 0.302. The number of thiol groups is 1. The van der Waals surface area contributed by atoms with Gasteiger partial charge in [0.05, 0.1) is 10.7 Å². The van der Waals surface area contributed by atoms with Crippen LogP contribution in [0.4, 0.5) is 10.5 Å². The van der Waals surface area contributed by atoms with Crippen LogP contribution in [0.1, 0.15) is 6.92 Å². The molecule has 0 aromatic heterocycles. The Labute approximate surface area is 108 Å². The van der Waals surface area contributed by atoms with Crippen LogP contribution in [-0.2, 0) is 4.79 Å². The summed E-state index contributed by atoms with van der Waals surface area (Å²) in [6.07, 6.45) is 0. The summed E-state index contributed by atoms with van der Waals surface area (Å²) in [6, 6.07) is 3.89. The van der Waals surface area contributed by atoms with Gasteiger partial charge in [-0.15, -0.1) is 0 Å². The lowest BCUT2D eigenvalue weighted by Crippen LogP contribution is -2.37. The molecule has 1 rings (SSSR count). The maximum Gasteiger partial charge on any atom is 0.338 e. The average Bonchev–Trinajstić information content (AvgIpc) is 2.19. The molecule has 0 atom stereocenters. The minimum atomic E-state index is -0.694. The van der Waals surface area contributed by atoms with Gasteiger partial charge in [-0.3, -0.25) is 10.1 Å². The molecule has 0 aliphatic carbocycles. The summed E-state index contributed by atoms with van der Waals surface area (Å²) in [4.78, 5) is 22.1. The van der Waals surface area contributed by atoms with E-state index in [0.29, 0.717) is 15.7 Å². The molecule has 1 aromatic carbocycles. The monoisotopic (exact) mass is 278 g/mol. The van der Waals surface area contributed by atoms with Gasteiger partial charge in [-0.05, 0) is 18.2 Å². The molecule has 0 fully saturated rings. The number of urea groups is 1. The normalized spacial score (nSPS) is 9.75. The van der Waals surface area contributed by atoms with Crippen molar-refractivity contribution in [3.8, 4) is 0 Å². The van der Waals surface area contributed by atoms with E-state index in [1.165, 1.54) is 19.1 Å². The molecule has 0 radical (unpaired) electrons. The number of benzene rings is 1. The molecule has 0 unspecified atom stereocenters. The summed E-state index contributed by atoms with van der Waals surface area (Å²) in [5, 5.41) is 2.77. The number of amides is 3. The summed E-state index contributed by atoms with van der Waals surface area (Å²) >= 11 is 15.5.